The van der Waals surface area contributed by atoms with E-state index in [4.69, 9.17) is 4.74 Å². The lowest BCUT2D eigenvalue weighted by molar-refractivity contribution is 0.414. The van der Waals surface area contributed by atoms with Crippen LogP contribution in [0.25, 0.3) is 17.0 Å². The SMILES string of the molecule is CNc1ncnc(-c2cccc3nccn23)c1OC. The molecule has 3 aromatic rings. The normalized spacial score (nSPS) is 10.6. The van der Waals surface area contributed by atoms with Gasteiger partial charge in [-0.25, -0.2) is 15.0 Å². The minimum Gasteiger partial charge on any atom is -0.491 e. The number of ether oxygens (including phenoxy) is 1. The number of hydrogen-bond acceptors (Lipinski definition) is 5. The second-order valence-electron chi connectivity index (χ2n) is 3.92. The second-order valence-corrected chi connectivity index (χ2v) is 3.92. The summed E-state index contributed by atoms with van der Waals surface area (Å²) >= 11 is 0. The van der Waals surface area contributed by atoms with Crippen LogP contribution in [-0.2, 0) is 0 Å². The molecule has 0 aromatic carbocycles. The number of aromatic nitrogens is 4. The van der Waals surface area contributed by atoms with Gasteiger partial charge in [-0.3, -0.25) is 4.40 Å². The van der Waals surface area contributed by atoms with Crippen molar-refractivity contribution in [1.29, 1.82) is 0 Å². The Hall–Kier alpha value is -2.63. The zero-order chi connectivity index (χ0) is 13.2. The largest absolute Gasteiger partial charge is 0.491 e. The van der Waals surface area contributed by atoms with Crippen LogP contribution in [0, 0.1) is 0 Å². The van der Waals surface area contributed by atoms with E-state index in [-0.39, 0.29) is 0 Å². The lowest BCUT2D eigenvalue weighted by Gasteiger charge is -2.12. The Morgan fingerprint density at radius 1 is 1.21 bits per heavy atom. The first kappa shape index (κ1) is 11.5. The number of hydrogen-bond donors (Lipinski definition) is 1. The molecule has 0 atom stereocenters. The summed E-state index contributed by atoms with van der Waals surface area (Å²) in [5.41, 5.74) is 2.50. The number of fused-ring (bicyclic) bond motifs is 1. The van der Waals surface area contributed by atoms with Crippen molar-refractivity contribution in [3.05, 3.63) is 36.9 Å². The molecule has 0 aliphatic carbocycles. The van der Waals surface area contributed by atoms with Crippen molar-refractivity contribution >= 4 is 11.5 Å². The van der Waals surface area contributed by atoms with Gasteiger partial charge in [0.1, 0.15) is 17.7 Å². The highest BCUT2D eigenvalue weighted by molar-refractivity contribution is 5.71. The predicted molar refractivity (Wildman–Crippen MR) is 72.3 cm³/mol. The Morgan fingerprint density at radius 3 is 2.89 bits per heavy atom. The molecule has 0 aliphatic heterocycles. The molecule has 0 unspecified atom stereocenters. The van der Waals surface area contributed by atoms with Crippen LogP contribution in [0.2, 0.25) is 0 Å². The zero-order valence-corrected chi connectivity index (χ0v) is 10.7. The molecule has 6 nitrogen and oxygen atoms in total. The molecule has 0 saturated carbocycles. The highest BCUT2D eigenvalue weighted by Gasteiger charge is 2.15. The third-order valence-corrected chi connectivity index (χ3v) is 2.92. The summed E-state index contributed by atoms with van der Waals surface area (Å²) in [4.78, 5) is 12.7. The quantitative estimate of drug-likeness (QED) is 0.773. The molecule has 0 spiro atoms. The molecule has 0 amide bonds. The molecule has 3 rings (SSSR count). The number of imidazole rings is 1. The molecule has 0 bridgehead atoms. The van der Waals surface area contributed by atoms with Crippen LogP contribution < -0.4 is 10.1 Å². The third-order valence-electron chi connectivity index (χ3n) is 2.92. The van der Waals surface area contributed by atoms with E-state index in [9.17, 15) is 0 Å². The van der Waals surface area contributed by atoms with Crippen LogP contribution in [-0.4, -0.2) is 33.5 Å². The average molecular weight is 255 g/mol. The van der Waals surface area contributed by atoms with E-state index in [1.807, 2.05) is 28.8 Å². The molecule has 3 heterocycles. The van der Waals surface area contributed by atoms with Gasteiger partial charge in [0, 0.05) is 19.4 Å². The minimum atomic E-state index is 0.617. The highest BCUT2D eigenvalue weighted by atomic mass is 16.5. The van der Waals surface area contributed by atoms with Gasteiger partial charge in [-0.15, -0.1) is 0 Å². The lowest BCUT2D eigenvalue weighted by Crippen LogP contribution is -2.02. The summed E-state index contributed by atoms with van der Waals surface area (Å²) in [5, 5.41) is 3.00. The van der Waals surface area contributed by atoms with Crippen molar-refractivity contribution in [2.45, 2.75) is 0 Å². The Balaban J connectivity index is 2.30. The Labute approximate surface area is 110 Å². The maximum atomic E-state index is 5.43. The fourth-order valence-corrected chi connectivity index (χ4v) is 2.07. The number of anilines is 1. The Bertz CT molecular complexity index is 722. The predicted octanol–water partition coefficient (Wildman–Crippen LogP) is 1.84. The second kappa shape index (κ2) is 4.56. The first-order valence-corrected chi connectivity index (χ1v) is 5.84. The van der Waals surface area contributed by atoms with Gasteiger partial charge in [0.2, 0.25) is 0 Å². The van der Waals surface area contributed by atoms with Crippen LogP contribution in [0.1, 0.15) is 0 Å². The first-order chi connectivity index (χ1) is 9.35. The molecule has 0 aliphatic rings. The van der Waals surface area contributed by atoms with Crippen LogP contribution in [0.4, 0.5) is 5.82 Å². The monoisotopic (exact) mass is 255 g/mol. The average Bonchev–Trinajstić information content (AvgIpc) is 2.94. The van der Waals surface area contributed by atoms with Crippen molar-refractivity contribution in [1.82, 2.24) is 19.4 Å². The maximum absolute atomic E-state index is 5.43. The third kappa shape index (κ3) is 1.77. The van der Waals surface area contributed by atoms with Crippen molar-refractivity contribution in [2.24, 2.45) is 0 Å². The summed E-state index contributed by atoms with van der Waals surface area (Å²) in [6.07, 6.45) is 5.16. The van der Waals surface area contributed by atoms with Gasteiger partial charge in [-0.2, -0.15) is 0 Å². The topological polar surface area (TPSA) is 64.3 Å². The summed E-state index contributed by atoms with van der Waals surface area (Å²) in [6.45, 7) is 0. The zero-order valence-electron chi connectivity index (χ0n) is 10.7. The summed E-state index contributed by atoms with van der Waals surface area (Å²) in [6, 6.07) is 5.85. The molecule has 0 radical (unpaired) electrons. The molecule has 0 saturated heterocycles. The van der Waals surface area contributed by atoms with Gasteiger partial charge in [-0.05, 0) is 12.1 Å². The van der Waals surface area contributed by atoms with Gasteiger partial charge >= 0.3 is 0 Å². The van der Waals surface area contributed by atoms with Crippen molar-refractivity contribution in [3.63, 3.8) is 0 Å². The van der Waals surface area contributed by atoms with Crippen molar-refractivity contribution in [3.8, 4) is 17.1 Å². The summed E-state index contributed by atoms with van der Waals surface area (Å²) in [7, 11) is 3.41. The van der Waals surface area contributed by atoms with Crippen molar-refractivity contribution < 1.29 is 4.74 Å². The van der Waals surface area contributed by atoms with Crippen LogP contribution in [0.5, 0.6) is 5.75 Å². The molecule has 3 aromatic heterocycles. The Kier molecular flexibility index (Phi) is 2.75. The first-order valence-electron chi connectivity index (χ1n) is 5.84. The molecular formula is C13H13N5O. The number of methoxy groups -OCH3 is 1. The molecular weight excluding hydrogens is 242 g/mol. The molecule has 19 heavy (non-hydrogen) atoms. The fraction of sp³-hybridized carbons (Fsp3) is 0.154. The fourth-order valence-electron chi connectivity index (χ4n) is 2.07. The van der Waals surface area contributed by atoms with E-state index in [1.54, 1.807) is 20.4 Å². The van der Waals surface area contributed by atoms with E-state index < -0.39 is 0 Å². The van der Waals surface area contributed by atoms with Gasteiger partial charge < -0.3 is 10.1 Å². The smallest absolute Gasteiger partial charge is 0.189 e. The molecule has 0 fully saturated rings. The van der Waals surface area contributed by atoms with E-state index in [0.717, 1.165) is 17.0 Å². The lowest BCUT2D eigenvalue weighted by atomic mass is 10.2. The van der Waals surface area contributed by atoms with Crippen molar-refractivity contribution in [2.75, 3.05) is 19.5 Å². The van der Waals surface area contributed by atoms with Gasteiger partial charge in [0.25, 0.3) is 0 Å². The summed E-state index contributed by atoms with van der Waals surface area (Å²) in [5.74, 6) is 1.27. The number of nitrogens with one attached hydrogen (secondary N) is 1. The Morgan fingerprint density at radius 2 is 2.11 bits per heavy atom. The van der Waals surface area contributed by atoms with E-state index >= 15 is 0 Å². The van der Waals surface area contributed by atoms with Crippen LogP contribution in [0.15, 0.2) is 36.9 Å². The van der Waals surface area contributed by atoms with Crippen LogP contribution >= 0.6 is 0 Å². The minimum absolute atomic E-state index is 0.617. The van der Waals surface area contributed by atoms with Gasteiger partial charge in [-0.1, -0.05) is 6.07 Å². The number of pyridine rings is 1. The molecule has 6 heteroatoms. The van der Waals surface area contributed by atoms with Gasteiger partial charge in [0.15, 0.2) is 11.6 Å². The number of rotatable bonds is 3. The van der Waals surface area contributed by atoms with E-state index in [1.165, 1.54) is 6.33 Å². The standard InChI is InChI=1S/C13H13N5O/c1-14-13-12(19-2)11(16-8-17-13)9-4-3-5-10-15-6-7-18(9)10/h3-8H,1-2H3,(H,14,16,17). The van der Waals surface area contributed by atoms with Gasteiger partial charge in [0.05, 0.1) is 12.8 Å². The van der Waals surface area contributed by atoms with Crippen LogP contribution in [0.3, 0.4) is 0 Å². The van der Waals surface area contributed by atoms with E-state index in [2.05, 4.69) is 20.3 Å². The highest BCUT2D eigenvalue weighted by Crippen LogP contribution is 2.32. The molecule has 96 valence electrons. The maximum Gasteiger partial charge on any atom is 0.189 e. The summed E-state index contributed by atoms with van der Waals surface area (Å²) < 4.78 is 7.39. The molecule has 1 N–H and O–H groups in total. The van der Waals surface area contributed by atoms with E-state index in [0.29, 0.717) is 11.6 Å². The number of nitrogens with zero attached hydrogens (tertiary/aromatic N) is 4.